The summed E-state index contributed by atoms with van der Waals surface area (Å²) in [5, 5.41) is 3.88. The van der Waals surface area contributed by atoms with Crippen LogP contribution in [0.15, 0.2) is 57.6 Å². The predicted octanol–water partition coefficient (Wildman–Crippen LogP) is 6.54. The van der Waals surface area contributed by atoms with Crippen molar-refractivity contribution in [1.29, 1.82) is 0 Å². The van der Waals surface area contributed by atoms with Gasteiger partial charge in [-0.25, -0.2) is 22.0 Å². The second-order valence-electron chi connectivity index (χ2n) is 7.59. The van der Waals surface area contributed by atoms with Gasteiger partial charge >= 0.3 is 0 Å². The van der Waals surface area contributed by atoms with E-state index in [1.165, 1.54) is 20.1 Å². The summed E-state index contributed by atoms with van der Waals surface area (Å²) in [4.78, 5) is 12.9. The van der Waals surface area contributed by atoms with Gasteiger partial charge in [0.25, 0.3) is 5.91 Å². The van der Waals surface area contributed by atoms with Gasteiger partial charge in [-0.3, -0.25) is 4.79 Å². The van der Waals surface area contributed by atoms with E-state index in [0.717, 1.165) is 5.56 Å². The van der Waals surface area contributed by atoms with Gasteiger partial charge in [0, 0.05) is 0 Å². The lowest BCUT2D eigenvalue weighted by atomic mass is 10.1. The van der Waals surface area contributed by atoms with Crippen LogP contribution in [0.5, 0.6) is 11.5 Å². The molecule has 0 aliphatic carbocycles. The van der Waals surface area contributed by atoms with E-state index in [9.17, 15) is 26.7 Å². The van der Waals surface area contributed by atoms with E-state index >= 15 is 0 Å². The lowest BCUT2D eigenvalue weighted by Crippen LogP contribution is -2.25. The number of halogens is 6. The molecule has 0 saturated heterocycles. The van der Waals surface area contributed by atoms with E-state index in [0.29, 0.717) is 21.5 Å². The van der Waals surface area contributed by atoms with Gasteiger partial charge in [-0.15, -0.1) is 0 Å². The van der Waals surface area contributed by atoms with Gasteiger partial charge in [0.05, 0.1) is 22.9 Å². The molecule has 0 fully saturated rings. The Balaban J connectivity index is 1.67. The minimum atomic E-state index is -2.33. The molecule has 3 aromatic rings. The molecule has 1 aliphatic heterocycles. The highest BCUT2D eigenvalue weighted by atomic mass is 79.9. The van der Waals surface area contributed by atoms with E-state index < -0.39 is 40.7 Å². The van der Waals surface area contributed by atoms with Crippen molar-refractivity contribution in [3.8, 4) is 11.5 Å². The summed E-state index contributed by atoms with van der Waals surface area (Å²) < 4.78 is 81.0. The minimum absolute atomic E-state index is 0.00318. The Kier molecular flexibility index (Phi) is 7.11. The topological polar surface area (TPSA) is 51.1 Å². The summed E-state index contributed by atoms with van der Waals surface area (Å²) in [6.45, 7) is 1.62. The van der Waals surface area contributed by atoms with E-state index in [1.54, 1.807) is 12.1 Å². The van der Waals surface area contributed by atoms with Crippen molar-refractivity contribution in [1.82, 2.24) is 0 Å². The first-order chi connectivity index (χ1) is 17.1. The lowest BCUT2D eigenvalue weighted by molar-refractivity contribution is -0.114. The first-order valence-electron chi connectivity index (χ1n) is 10.3. The molecule has 0 spiro atoms. The Morgan fingerprint density at radius 1 is 0.972 bits per heavy atom. The number of nitrogens with zero attached hydrogens (tertiary/aromatic N) is 2. The minimum Gasteiger partial charge on any atom is -0.493 e. The van der Waals surface area contributed by atoms with Crippen molar-refractivity contribution >= 4 is 39.3 Å². The molecule has 0 atom stereocenters. The number of carbonyl (C=O) groups excluding carboxylic acids is 1. The number of hydrazone groups is 1. The van der Waals surface area contributed by atoms with Crippen LogP contribution in [0.3, 0.4) is 0 Å². The standard InChI is InChI=1S/C25H16BrF5N2O3/c1-12-15(25(34)33(32-12)23-21(30)19(28)18(27)20(29)22(23)31)8-14-9-16(26)24(17(10-14)35-2)36-11-13-6-4-3-5-7-13/h3-10H,11H2,1-2H3/b15-8+. The number of methoxy groups -OCH3 is 1. The average Bonchev–Trinajstić information content (AvgIpc) is 3.14. The maximum Gasteiger partial charge on any atom is 0.280 e. The third-order valence-electron chi connectivity index (χ3n) is 5.25. The smallest absolute Gasteiger partial charge is 0.280 e. The molecule has 186 valence electrons. The van der Waals surface area contributed by atoms with Gasteiger partial charge < -0.3 is 9.47 Å². The van der Waals surface area contributed by atoms with Gasteiger partial charge in [-0.05, 0) is 52.2 Å². The Morgan fingerprint density at radius 2 is 1.58 bits per heavy atom. The van der Waals surface area contributed by atoms with Crippen LogP contribution in [0.25, 0.3) is 6.08 Å². The number of carbonyl (C=O) groups is 1. The Morgan fingerprint density at radius 3 is 2.19 bits per heavy atom. The molecule has 3 aromatic carbocycles. The normalized spacial score (nSPS) is 14.4. The first kappa shape index (κ1) is 25.4. The summed E-state index contributed by atoms with van der Waals surface area (Å²) in [7, 11) is 1.42. The third-order valence-corrected chi connectivity index (χ3v) is 5.84. The SMILES string of the molecule is COc1cc(/C=C2/C(=O)N(c3c(F)c(F)c(F)c(F)c3F)N=C2C)cc(Br)c1OCc1ccccc1. The van der Waals surface area contributed by atoms with Crippen molar-refractivity contribution in [3.63, 3.8) is 0 Å². The zero-order valence-electron chi connectivity index (χ0n) is 18.7. The molecule has 5 nitrogen and oxygen atoms in total. The van der Waals surface area contributed by atoms with E-state index in [-0.39, 0.29) is 22.9 Å². The molecule has 1 amide bonds. The summed E-state index contributed by atoms with van der Waals surface area (Å²) in [5.41, 5.74) is -0.228. The molecular weight excluding hydrogens is 551 g/mol. The van der Waals surface area contributed by atoms with Crippen molar-refractivity contribution in [2.75, 3.05) is 12.1 Å². The first-order valence-corrected chi connectivity index (χ1v) is 11.1. The zero-order chi connectivity index (χ0) is 26.1. The second-order valence-corrected chi connectivity index (χ2v) is 8.44. The van der Waals surface area contributed by atoms with Crippen molar-refractivity contribution in [3.05, 3.63) is 92.7 Å². The van der Waals surface area contributed by atoms with Crippen molar-refractivity contribution < 1.29 is 36.2 Å². The molecule has 4 rings (SSSR count). The molecule has 0 bridgehead atoms. The van der Waals surface area contributed by atoms with Gasteiger partial charge in [0.1, 0.15) is 12.3 Å². The maximum absolute atomic E-state index is 14.3. The van der Waals surface area contributed by atoms with Crippen LogP contribution in [0.4, 0.5) is 27.6 Å². The van der Waals surface area contributed by atoms with Gasteiger partial charge in [-0.2, -0.15) is 10.1 Å². The quantitative estimate of drug-likeness (QED) is 0.147. The maximum atomic E-state index is 14.3. The number of hydrogen-bond donors (Lipinski definition) is 0. The van der Waals surface area contributed by atoms with E-state index in [2.05, 4.69) is 21.0 Å². The van der Waals surface area contributed by atoms with Crippen LogP contribution in [-0.2, 0) is 11.4 Å². The molecule has 11 heteroatoms. The molecule has 0 saturated carbocycles. The number of ether oxygens (including phenoxy) is 2. The summed E-state index contributed by atoms with van der Waals surface area (Å²) >= 11 is 3.40. The van der Waals surface area contributed by atoms with Crippen molar-refractivity contribution in [2.24, 2.45) is 5.10 Å². The van der Waals surface area contributed by atoms with Crippen LogP contribution in [-0.4, -0.2) is 18.7 Å². The molecule has 0 aromatic heterocycles. The average molecular weight is 567 g/mol. The van der Waals surface area contributed by atoms with Crippen LogP contribution in [0.1, 0.15) is 18.1 Å². The lowest BCUT2D eigenvalue weighted by Gasteiger charge is -2.15. The number of anilines is 1. The Hall–Kier alpha value is -3.73. The fourth-order valence-corrected chi connectivity index (χ4v) is 4.05. The number of benzene rings is 3. The van der Waals surface area contributed by atoms with Crippen LogP contribution < -0.4 is 14.5 Å². The fourth-order valence-electron chi connectivity index (χ4n) is 3.47. The highest BCUT2D eigenvalue weighted by Gasteiger charge is 2.37. The zero-order valence-corrected chi connectivity index (χ0v) is 20.3. The summed E-state index contributed by atoms with van der Waals surface area (Å²) in [5.74, 6) is -11.4. The number of rotatable bonds is 6. The number of amides is 1. The largest absolute Gasteiger partial charge is 0.493 e. The molecule has 0 N–H and O–H groups in total. The highest BCUT2D eigenvalue weighted by molar-refractivity contribution is 9.10. The van der Waals surface area contributed by atoms with Crippen molar-refractivity contribution in [2.45, 2.75) is 13.5 Å². The summed E-state index contributed by atoms with van der Waals surface area (Å²) in [6.07, 6.45) is 1.35. The predicted molar refractivity (Wildman–Crippen MR) is 126 cm³/mol. The molecule has 36 heavy (non-hydrogen) atoms. The monoisotopic (exact) mass is 566 g/mol. The Labute approximate surface area is 210 Å². The number of hydrogen-bond acceptors (Lipinski definition) is 4. The second kappa shape index (κ2) is 10.1. The summed E-state index contributed by atoms with van der Waals surface area (Å²) in [6, 6.07) is 12.6. The van der Waals surface area contributed by atoms with E-state index in [1.807, 2.05) is 30.3 Å². The molecule has 1 heterocycles. The molecule has 1 aliphatic rings. The molecule has 0 radical (unpaired) electrons. The highest BCUT2D eigenvalue weighted by Crippen LogP contribution is 2.39. The van der Waals surface area contributed by atoms with Crippen LogP contribution in [0.2, 0.25) is 0 Å². The van der Waals surface area contributed by atoms with Crippen LogP contribution >= 0.6 is 15.9 Å². The molecule has 0 unspecified atom stereocenters. The van der Waals surface area contributed by atoms with Gasteiger partial charge in [0.2, 0.25) is 5.82 Å². The third kappa shape index (κ3) is 4.58. The Bertz CT molecular complexity index is 1400. The fraction of sp³-hybridized carbons (Fsp3) is 0.120. The van der Waals surface area contributed by atoms with Crippen LogP contribution in [0, 0.1) is 29.1 Å². The molecular formula is C25H16BrF5N2O3. The van der Waals surface area contributed by atoms with Gasteiger partial charge in [0.15, 0.2) is 34.8 Å². The van der Waals surface area contributed by atoms with Gasteiger partial charge in [-0.1, -0.05) is 30.3 Å². The van der Waals surface area contributed by atoms with E-state index in [4.69, 9.17) is 9.47 Å².